The van der Waals surface area contributed by atoms with Gasteiger partial charge in [0.05, 0.1) is 17.2 Å². The molecule has 2 heterocycles. The van der Waals surface area contributed by atoms with E-state index < -0.39 is 0 Å². The van der Waals surface area contributed by atoms with Crippen LogP contribution in [0.1, 0.15) is 23.7 Å². The average molecular weight is 343 g/mol. The number of carbonyl (C=O) groups is 1. The SMILES string of the molecule is CC[C@H](O)CN1CCN(C(=O)c2cc(=O)n(C)c3ccccc23)CC1. The van der Waals surface area contributed by atoms with Crippen molar-refractivity contribution in [2.45, 2.75) is 19.4 Å². The van der Waals surface area contributed by atoms with E-state index in [4.69, 9.17) is 0 Å². The molecule has 1 fully saturated rings. The number of β-amino-alcohol motifs (C(OH)–C–C–N with tert-alkyl or cyclic N) is 1. The quantitative estimate of drug-likeness (QED) is 0.902. The number of para-hydroxylation sites is 1. The molecule has 2 aromatic rings. The molecule has 134 valence electrons. The molecule has 6 nitrogen and oxygen atoms in total. The van der Waals surface area contributed by atoms with Crippen LogP contribution in [-0.2, 0) is 7.05 Å². The Balaban J connectivity index is 1.80. The number of piperazine rings is 1. The maximum Gasteiger partial charge on any atom is 0.254 e. The molecule has 0 aliphatic carbocycles. The van der Waals surface area contributed by atoms with Gasteiger partial charge in [-0.2, -0.15) is 0 Å². The predicted molar refractivity (Wildman–Crippen MR) is 97.8 cm³/mol. The second-order valence-corrected chi connectivity index (χ2v) is 6.63. The first kappa shape index (κ1) is 17.6. The summed E-state index contributed by atoms with van der Waals surface area (Å²) < 4.78 is 1.57. The molecule has 1 atom stereocenters. The van der Waals surface area contributed by atoms with Gasteiger partial charge in [-0.1, -0.05) is 25.1 Å². The van der Waals surface area contributed by atoms with Crippen LogP contribution >= 0.6 is 0 Å². The topological polar surface area (TPSA) is 65.8 Å². The number of amides is 1. The lowest BCUT2D eigenvalue weighted by atomic mass is 10.1. The van der Waals surface area contributed by atoms with Gasteiger partial charge in [-0.3, -0.25) is 14.5 Å². The second kappa shape index (κ2) is 7.37. The van der Waals surface area contributed by atoms with Crippen LogP contribution in [0.3, 0.4) is 0 Å². The van der Waals surface area contributed by atoms with E-state index in [0.29, 0.717) is 25.2 Å². The van der Waals surface area contributed by atoms with Gasteiger partial charge >= 0.3 is 0 Å². The van der Waals surface area contributed by atoms with Gasteiger partial charge in [-0.15, -0.1) is 0 Å². The fourth-order valence-corrected chi connectivity index (χ4v) is 3.32. The summed E-state index contributed by atoms with van der Waals surface area (Å²) in [6.07, 6.45) is 0.418. The summed E-state index contributed by atoms with van der Waals surface area (Å²) in [5, 5.41) is 10.6. The van der Waals surface area contributed by atoms with Crippen molar-refractivity contribution in [3.8, 4) is 0 Å². The molecule has 0 unspecified atom stereocenters. The summed E-state index contributed by atoms with van der Waals surface area (Å²) in [6.45, 7) is 5.31. The molecule has 1 aromatic heterocycles. The molecular formula is C19H25N3O3. The summed E-state index contributed by atoms with van der Waals surface area (Å²) in [6, 6.07) is 8.94. The van der Waals surface area contributed by atoms with Gasteiger partial charge in [0, 0.05) is 51.2 Å². The zero-order valence-corrected chi connectivity index (χ0v) is 14.8. The van der Waals surface area contributed by atoms with Crippen molar-refractivity contribution in [3.63, 3.8) is 0 Å². The molecule has 1 aromatic carbocycles. The van der Waals surface area contributed by atoms with Gasteiger partial charge in [-0.05, 0) is 12.5 Å². The minimum atomic E-state index is -0.316. The van der Waals surface area contributed by atoms with E-state index in [0.717, 1.165) is 30.4 Å². The zero-order valence-electron chi connectivity index (χ0n) is 14.8. The monoisotopic (exact) mass is 343 g/mol. The highest BCUT2D eigenvalue weighted by Gasteiger charge is 2.24. The van der Waals surface area contributed by atoms with Crippen LogP contribution in [0.5, 0.6) is 0 Å². The Morgan fingerprint density at radius 3 is 2.56 bits per heavy atom. The molecule has 1 aliphatic heterocycles. The first-order chi connectivity index (χ1) is 12.0. The van der Waals surface area contributed by atoms with Crippen LogP contribution in [0.4, 0.5) is 0 Å². The molecule has 0 radical (unpaired) electrons. The Morgan fingerprint density at radius 1 is 1.20 bits per heavy atom. The number of benzene rings is 1. The maximum atomic E-state index is 13.0. The van der Waals surface area contributed by atoms with E-state index in [1.807, 2.05) is 31.2 Å². The number of fused-ring (bicyclic) bond motifs is 1. The molecule has 1 saturated heterocycles. The highest BCUT2D eigenvalue weighted by Crippen LogP contribution is 2.19. The van der Waals surface area contributed by atoms with Crippen LogP contribution in [0, 0.1) is 0 Å². The minimum Gasteiger partial charge on any atom is -0.392 e. The van der Waals surface area contributed by atoms with E-state index in [2.05, 4.69) is 4.90 Å². The zero-order chi connectivity index (χ0) is 18.0. The predicted octanol–water partition coefficient (Wildman–Crippen LogP) is 1.07. The highest BCUT2D eigenvalue weighted by atomic mass is 16.3. The number of aliphatic hydroxyl groups excluding tert-OH is 1. The van der Waals surface area contributed by atoms with Crippen molar-refractivity contribution in [2.24, 2.45) is 7.05 Å². The van der Waals surface area contributed by atoms with Crippen molar-refractivity contribution < 1.29 is 9.90 Å². The van der Waals surface area contributed by atoms with Crippen LogP contribution < -0.4 is 5.56 Å². The Bertz CT molecular complexity index is 822. The summed E-state index contributed by atoms with van der Waals surface area (Å²) in [4.78, 5) is 29.2. The highest BCUT2D eigenvalue weighted by molar-refractivity contribution is 6.06. The Kier molecular flexibility index (Phi) is 5.20. The third-order valence-electron chi connectivity index (χ3n) is 4.98. The first-order valence-corrected chi connectivity index (χ1v) is 8.79. The number of aromatic nitrogens is 1. The Morgan fingerprint density at radius 2 is 1.88 bits per heavy atom. The summed E-state index contributed by atoms with van der Waals surface area (Å²) in [7, 11) is 1.72. The van der Waals surface area contributed by atoms with Crippen LogP contribution in [0.15, 0.2) is 35.1 Å². The number of aliphatic hydroxyl groups is 1. The van der Waals surface area contributed by atoms with Gasteiger partial charge in [-0.25, -0.2) is 0 Å². The number of nitrogens with zero attached hydrogens (tertiary/aromatic N) is 3. The number of pyridine rings is 1. The van der Waals surface area contributed by atoms with Gasteiger partial charge in [0.1, 0.15) is 0 Å². The van der Waals surface area contributed by atoms with E-state index in [1.165, 1.54) is 6.07 Å². The average Bonchev–Trinajstić information content (AvgIpc) is 2.64. The molecule has 1 N–H and O–H groups in total. The minimum absolute atomic E-state index is 0.0930. The molecule has 0 saturated carbocycles. The van der Waals surface area contributed by atoms with E-state index in [-0.39, 0.29) is 17.6 Å². The number of carbonyl (C=O) groups excluding carboxylic acids is 1. The van der Waals surface area contributed by atoms with Gasteiger partial charge in [0.2, 0.25) is 0 Å². The molecule has 25 heavy (non-hydrogen) atoms. The molecule has 6 heteroatoms. The van der Waals surface area contributed by atoms with Gasteiger partial charge < -0.3 is 14.6 Å². The smallest absolute Gasteiger partial charge is 0.254 e. The van der Waals surface area contributed by atoms with Crippen molar-refractivity contribution in [2.75, 3.05) is 32.7 Å². The van der Waals surface area contributed by atoms with Crippen molar-refractivity contribution >= 4 is 16.8 Å². The third kappa shape index (κ3) is 3.60. The third-order valence-corrected chi connectivity index (χ3v) is 4.98. The van der Waals surface area contributed by atoms with Crippen molar-refractivity contribution in [1.29, 1.82) is 0 Å². The van der Waals surface area contributed by atoms with Crippen LogP contribution in [0.2, 0.25) is 0 Å². The molecule has 1 aliphatic rings. The number of aryl methyl sites for hydroxylation is 1. The van der Waals surface area contributed by atoms with E-state index in [1.54, 1.807) is 16.5 Å². The summed E-state index contributed by atoms with van der Waals surface area (Å²) in [5.74, 6) is -0.0930. The fourth-order valence-electron chi connectivity index (χ4n) is 3.32. The normalized spacial score (nSPS) is 17.0. The summed E-state index contributed by atoms with van der Waals surface area (Å²) in [5.41, 5.74) is 1.07. The first-order valence-electron chi connectivity index (χ1n) is 8.79. The largest absolute Gasteiger partial charge is 0.392 e. The van der Waals surface area contributed by atoms with Crippen LogP contribution in [0.25, 0.3) is 10.9 Å². The number of hydrogen-bond donors (Lipinski definition) is 1. The lowest BCUT2D eigenvalue weighted by Gasteiger charge is -2.35. The Hall–Kier alpha value is -2.18. The molecule has 3 rings (SSSR count). The second-order valence-electron chi connectivity index (χ2n) is 6.63. The van der Waals surface area contributed by atoms with Crippen LogP contribution in [-0.4, -0.2) is 64.2 Å². The van der Waals surface area contributed by atoms with Crippen molar-refractivity contribution in [3.05, 3.63) is 46.2 Å². The summed E-state index contributed by atoms with van der Waals surface area (Å²) >= 11 is 0. The Labute approximate surface area is 147 Å². The molecule has 1 amide bonds. The van der Waals surface area contributed by atoms with Gasteiger partial charge in [0.15, 0.2) is 0 Å². The molecular weight excluding hydrogens is 318 g/mol. The van der Waals surface area contributed by atoms with E-state index >= 15 is 0 Å². The molecule has 0 bridgehead atoms. The number of hydrogen-bond acceptors (Lipinski definition) is 4. The fraction of sp³-hybridized carbons (Fsp3) is 0.474. The lowest BCUT2D eigenvalue weighted by molar-refractivity contribution is 0.0525. The maximum absolute atomic E-state index is 13.0. The van der Waals surface area contributed by atoms with E-state index in [9.17, 15) is 14.7 Å². The van der Waals surface area contributed by atoms with Gasteiger partial charge in [0.25, 0.3) is 11.5 Å². The lowest BCUT2D eigenvalue weighted by Crippen LogP contribution is -2.50. The van der Waals surface area contributed by atoms with Crippen molar-refractivity contribution in [1.82, 2.24) is 14.4 Å². The molecule has 0 spiro atoms. The number of rotatable bonds is 4. The standard InChI is InChI=1S/C19H25N3O3/c1-3-14(23)13-21-8-10-22(11-9-21)19(25)16-12-18(24)20(2)17-7-5-4-6-15(16)17/h4-7,12,14,23H,3,8-11,13H2,1-2H3/t14-/m0/s1.